The van der Waals surface area contributed by atoms with E-state index in [1.807, 2.05) is 6.20 Å². The molecule has 2 nitrogen and oxygen atoms in total. The molecule has 1 aromatic heterocycles. The van der Waals surface area contributed by atoms with Gasteiger partial charge in [-0.3, -0.25) is 0 Å². The zero-order valence-corrected chi connectivity index (χ0v) is 12.7. The van der Waals surface area contributed by atoms with Gasteiger partial charge in [0, 0.05) is 12.2 Å². The Kier molecular flexibility index (Phi) is 2.84. The lowest BCUT2D eigenvalue weighted by Gasteiger charge is -2.59. The third kappa shape index (κ3) is 2.04. The first kappa shape index (κ1) is 12.7. The van der Waals surface area contributed by atoms with Crippen LogP contribution in [-0.4, -0.2) is 11.0 Å². The van der Waals surface area contributed by atoms with Crippen molar-refractivity contribution in [3.8, 4) is 0 Å². The van der Waals surface area contributed by atoms with Gasteiger partial charge in [-0.15, -0.1) is 0 Å². The van der Waals surface area contributed by atoms with Crippen LogP contribution in [-0.2, 0) is 0 Å². The van der Waals surface area contributed by atoms with Crippen LogP contribution < -0.4 is 5.32 Å². The SMILES string of the molecule is Cc1ccnc(NC(C)C23CC4CC(CC(C4)C2)C3)c1. The molecule has 1 heterocycles. The van der Waals surface area contributed by atoms with Crippen molar-refractivity contribution >= 4 is 5.82 Å². The fraction of sp³-hybridized carbons (Fsp3) is 0.722. The van der Waals surface area contributed by atoms with Crippen LogP contribution in [0, 0.1) is 30.1 Å². The van der Waals surface area contributed by atoms with E-state index in [1.54, 1.807) is 0 Å². The average Bonchev–Trinajstić information content (AvgIpc) is 2.37. The Morgan fingerprint density at radius 2 is 1.75 bits per heavy atom. The summed E-state index contributed by atoms with van der Waals surface area (Å²) < 4.78 is 0. The summed E-state index contributed by atoms with van der Waals surface area (Å²) in [5.74, 6) is 4.14. The summed E-state index contributed by atoms with van der Waals surface area (Å²) in [5, 5.41) is 3.73. The Morgan fingerprint density at radius 1 is 1.15 bits per heavy atom. The van der Waals surface area contributed by atoms with Crippen molar-refractivity contribution in [1.29, 1.82) is 0 Å². The molecule has 4 saturated carbocycles. The van der Waals surface area contributed by atoms with Crippen molar-refractivity contribution in [2.24, 2.45) is 23.2 Å². The Hall–Kier alpha value is -1.05. The van der Waals surface area contributed by atoms with Gasteiger partial charge in [0.15, 0.2) is 0 Å². The number of aromatic nitrogens is 1. The van der Waals surface area contributed by atoms with E-state index in [1.165, 1.54) is 44.1 Å². The van der Waals surface area contributed by atoms with Gasteiger partial charge in [-0.05, 0) is 93.2 Å². The highest BCUT2D eigenvalue weighted by Gasteiger charge is 2.53. The van der Waals surface area contributed by atoms with E-state index in [0.29, 0.717) is 11.5 Å². The summed E-state index contributed by atoms with van der Waals surface area (Å²) in [6.45, 7) is 4.54. The first-order chi connectivity index (χ1) is 9.63. The number of pyridine rings is 1. The van der Waals surface area contributed by atoms with Crippen LogP contribution in [0.4, 0.5) is 5.82 Å². The molecule has 4 bridgehead atoms. The van der Waals surface area contributed by atoms with Gasteiger partial charge in [-0.1, -0.05) is 0 Å². The second kappa shape index (κ2) is 4.47. The van der Waals surface area contributed by atoms with Gasteiger partial charge in [-0.2, -0.15) is 0 Å². The van der Waals surface area contributed by atoms with Gasteiger partial charge in [0.25, 0.3) is 0 Å². The normalized spacial score (nSPS) is 39.8. The zero-order chi connectivity index (χ0) is 13.7. The summed E-state index contributed by atoms with van der Waals surface area (Å²) >= 11 is 0. The van der Waals surface area contributed by atoms with Crippen molar-refractivity contribution < 1.29 is 0 Å². The molecule has 0 aliphatic heterocycles. The monoisotopic (exact) mass is 270 g/mol. The predicted octanol–water partition coefficient (Wildman–Crippen LogP) is 4.41. The summed E-state index contributed by atoms with van der Waals surface area (Å²) in [5.41, 5.74) is 1.85. The molecule has 0 amide bonds. The Bertz CT molecular complexity index is 473. The molecule has 0 saturated heterocycles. The highest BCUT2D eigenvalue weighted by Crippen LogP contribution is 2.61. The van der Waals surface area contributed by atoms with E-state index in [4.69, 9.17) is 0 Å². The fourth-order valence-electron chi connectivity index (χ4n) is 5.70. The van der Waals surface area contributed by atoms with E-state index in [0.717, 1.165) is 23.6 Å². The van der Waals surface area contributed by atoms with Crippen molar-refractivity contribution in [1.82, 2.24) is 4.98 Å². The number of aryl methyl sites for hydroxylation is 1. The minimum atomic E-state index is 0.556. The third-order valence-electron chi connectivity index (χ3n) is 6.28. The van der Waals surface area contributed by atoms with Crippen molar-refractivity contribution in [2.75, 3.05) is 5.32 Å². The van der Waals surface area contributed by atoms with E-state index in [2.05, 4.69) is 36.3 Å². The maximum Gasteiger partial charge on any atom is 0.126 e. The molecule has 0 spiro atoms. The number of rotatable bonds is 3. The van der Waals surface area contributed by atoms with Crippen molar-refractivity contribution in [2.45, 2.75) is 58.4 Å². The van der Waals surface area contributed by atoms with Gasteiger partial charge < -0.3 is 5.32 Å². The van der Waals surface area contributed by atoms with Crippen LogP contribution in [0.15, 0.2) is 18.3 Å². The molecule has 108 valence electrons. The molecule has 1 atom stereocenters. The Morgan fingerprint density at radius 3 is 2.30 bits per heavy atom. The molecule has 1 unspecified atom stereocenters. The molecule has 2 heteroatoms. The van der Waals surface area contributed by atoms with E-state index >= 15 is 0 Å². The van der Waals surface area contributed by atoms with Crippen LogP contribution in [0.1, 0.15) is 51.0 Å². The van der Waals surface area contributed by atoms with Crippen LogP contribution in [0.5, 0.6) is 0 Å². The van der Waals surface area contributed by atoms with Crippen LogP contribution in [0.3, 0.4) is 0 Å². The molecular weight excluding hydrogens is 244 g/mol. The van der Waals surface area contributed by atoms with E-state index in [-0.39, 0.29) is 0 Å². The standard InChI is InChI=1S/C18H26N2/c1-12-3-4-19-17(5-12)20-13(2)18-9-14-6-15(10-18)8-16(7-14)11-18/h3-5,13-16H,6-11H2,1-2H3,(H,19,20). The van der Waals surface area contributed by atoms with E-state index < -0.39 is 0 Å². The lowest BCUT2D eigenvalue weighted by Crippen LogP contribution is -2.53. The van der Waals surface area contributed by atoms with Gasteiger partial charge in [0.1, 0.15) is 5.82 Å². The number of anilines is 1. The quantitative estimate of drug-likeness (QED) is 0.880. The summed E-state index contributed by atoms with van der Waals surface area (Å²) in [6.07, 6.45) is 10.9. The van der Waals surface area contributed by atoms with Gasteiger partial charge >= 0.3 is 0 Å². The molecule has 5 rings (SSSR count). The smallest absolute Gasteiger partial charge is 0.126 e. The number of nitrogens with zero attached hydrogens (tertiary/aromatic N) is 1. The largest absolute Gasteiger partial charge is 0.367 e. The Labute approximate surface area is 122 Å². The molecule has 4 aliphatic rings. The molecule has 0 aromatic carbocycles. The van der Waals surface area contributed by atoms with Crippen LogP contribution in [0.25, 0.3) is 0 Å². The van der Waals surface area contributed by atoms with E-state index in [9.17, 15) is 0 Å². The second-order valence-corrected chi connectivity index (χ2v) is 7.86. The molecule has 4 fully saturated rings. The molecule has 1 aromatic rings. The van der Waals surface area contributed by atoms with Crippen molar-refractivity contribution in [3.63, 3.8) is 0 Å². The van der Waals surface area contributed by atoms with Crippen LogP contribution in [0.2, 0.25) is 0 Å². The Balaban J connectivity index is 1.54. The lowest BCUT2D eigenvalue weighted by molar-refractivity contribution is -0.0603. The predicted molar refractivity (Wildman–Crippen MR) is 82.7 cm³/mol. The first-order valence-electron chi connectivity index (χ1n) is 8.32. The van der Waals surface area contributed by atoms with Gasteiger partial charge in [0.05, 0.1) is 0 Å². The van der Waals surface area contributed by atoms with Gasteiger partial charge in [-0.25, -0.2) is 4.98 Å². The molecule has 1 N–H and O–H groups in total. The lowest BCUT2D eigenvalue weighted by atomic mass is 9.48. The minimum absolute atomic E-state index is 0.556. The summed E-state index contributed by atoms with van der Waals surface area (Å²) in [6, 6.07) is 4.81. The topological polar surface area (TPSA) is 24.9 Å². The first-order valence-corrected chi connectivity index (χ1v) is 8.32. The number of nitrogens with one attached hydrogen (secondary N) is 1. The number of hydrogen-bond acceptors (Lipinski definition) is 2. The van der Waals surface area contributed by atoms with Crippen LogP contribution >= 0.6 is 0 Å². The number of hydrogen-bond donors (Lipinski definition) is 1. The molecular formula is C18H26N2. The highest BCUT2D eigenvalue weighted by atomic mass is 15.0. The zero-order valence-electron chi connectivity index (χ0n) is 12.7. The fourth-order valence-corrected chi connectivity index (χ4v) is 5.70. The average molecular weight is 270 g/mol. The summed E-state index contributed by atoms with van der Waals surface area (Å²) in [7, 11) is 0. The molecule has 0 radical (unpaired) electrons. The maximum absolute atomic E-state index is 4.50. The third-order valence-corrected chi connectivity index (χ3v) is 6.28. The summed E-state index contributed by atoms with van der Waals surface area (Å²) in [4.78, 5) is 4.50. The minimum Gasteiger partial charge on any atom is -0.367 e. The second-order valence-electron chi connectivity index (χ2n) is 7.86. The maximum atomic E-state index is 4.50. The van der Waals surface area contributed by atoms with Crippen molar-refractivity contribution in [3.05, 3.63) is 23.9 Å². The molecule has 4 aliphatic carbocycles. The highest BCUT2D eigenvalue weighted by molar-refractivity contribution is 5.38. The van der Waals surface area contributed by atoms with Gasteiger partial charge in [0.2, 0.25) is 0 Å². The molecule has 20 heavy (non-hydrogen) atoms.